The van der Waals surface area contributed by atoms with Gasteiger partial charge in [0, 0.05) is 6.07 Å². The summed E-state index contributed by atoms with van der Waals surface area (Å²) in [7, 11) is 5.71. The molecular formula is C19H18O7. The van der Waals surface area contributed by atoms with E-state index in [1.165, 1.54) is 34.5 Å². The zero-order valence-corrected chi connectivity index (χ0v) is 14.8. The molecular weight excluding hydrogens is 340 g/mol. The highest BCUT2D eigenvalue weighted by atomic mass is 16.5. The van der Waals surface area contributed by atoms with Gasteiger partial charge in [-0.3, -0.25) is 4.79 Å². The molecule has 0 unspecified atom stereocenters. The Kier molecular flexibility index (Phi) is 4.62. The Labute approximate surface area is 149 Å². The van der Waals surface area contributed by atoms with Crippen molar-refractivity contribution in [2.45, 2.75) is 0 Å². The van der Waals surface area contributed by atoms with Gasteiger partial charge >= 0.3 is 0 Å². The molecule has 0 aliphatic carbocycles. The number of aromatic hydroxyl groups is 1. The van der Waals surface area contributed by atoms with E-state index in [1.54, 1.807) is 24.3 Å². The van der Waals surface area contributed by atoms with E-state index in [9.17, 15) is 9.90 Å². The first kappa shape index (κ1) is 17.5. The second-order valence-electron chi connectivity index (χ2n) is 5.33. The Balaban J connectivity index is 2.50. The molecule has 0 amide bonds. The number of benzene rings is 2. The third-order valence-corrected chi connectivity index (χ3v) is 4.00. The minimum atomic E-state index is -0.534. The fourth-order valence-electron chi connectivity index (χ4n) is 2.83. The van der Waals surface area contributed by atoms with Crippen LogP contribution in [0.25, 0.3) is 22.3 Å². The van der Waals surface area contributed by atoms with Crippen LogP contribution in [0, 0.1) is 0 Å². The van der Waals surface area contributed by atoms with Gasteiger partial charge in [0.1, 0.15) is 16.9 Å². The van der Waals surface area contributed by atoms with Gasteiger partial charge in [0.15, 0.2) is 17.1 Å². The first-order valence-electron chi connectivity index (χ1n) is 7.69. The molecule has 0 saturated carbocycles. The van der Waals surface area contributed by atoms with E-state index < -0.39 is 5.43 Å². The summed E-state index contributed by atoms with van der Waals surface area (Å²) in [5.41, 5.74) is 0.0411. The van der Waals surface area contributed by atoms with Gasteiger partial charge in [0.2, 0.25) is 16.9 Å². The molecule has 3 aromatic rings. The standard InChI is InChI=1S/C19H18O7/c1-22-12-8-6-5-7-10(12)16-19(25-4)15(21)14-11(20)9-13(23-2)17(24-3)18(14)26-16/h5-9,20H,1-4H3. The molecule has 0 bridgehead atoms. The van der Waals surface area contributed by atoms with Crippen molar-refractivity contribution in [2.24, 2.45) is 0 Å². The zero-order valence-electron chi connectivity index (χ0n) is 14.8. The molecule has 0 aliphatic heterocycles. The van der Waals surface area contributed by atoms with Crippen molar-refractivity contribution in [1.29, 1.82) is 0 Å². The summed E-state index contributed by atoms with van der Waals surface area (Å²) < 4.78 is 27.1. The highest BCUT2D eigenvalue weighted by Crippen LogP contribution is 2.44. The second-order valence-corrected chi connectivity index (χ2v) is 5.33. The van der Waals surface area contributed by atoms with E-state index in [0.29, 0.717) is 11.3 Å². The van der Waals surface area contributed by atoms with Gasteiger partial charge < -0.3 is 28.5 Å². The van der Waals surface area contributed by atoms with Gasteiger partial charge in [0.25, 0.3) is 0 Å². The number of ether oxygens (including phenoxy) is 4. The lowest BCUT2D eigenvalue weighted by molar-refractivity contribution is 0.348. The zero-order chi connectivity index (χ0) is 18.8. The summed E-state index contributed by atoms with van der Waals surface area (Å²) in [5, 5.41) is 10.2. The molecule has 26 heavy (non-hydrogen) atoms. The molecule has 1 aromatic heterocycles. The number of hydrogen-bond acceptors (Lipinski definition) is 7. The van der Waals surface area contributed by atoms with Gasteiger partial charge in [-0.25, -0.2) is 0 Å². The highest BCUT2D eigenvalue weighted by Gasteiger charge is 2.25. The Morgan fingerprint density at radius 3 is 2.15 bits per heavy atom. The van der Waals surface area contributed by atoms with Crippen molar-refractivity contribution in [3.05, 3.63) is 40.6 Å². The number of para-hydroxylation sites is 1. The van der Waals surface area contributed by atoms with Crippen molar-refractivity contribution >= 4 is 11.0 Å². The van der Waals surface area contributed by atoms with Gasteiger partial charge in [-0.1, -0.05) is 12.1 Å². The van der Waals surface area contributed by atoms with Gasteiger partial charge in [0.05, 0.1) is 34.0 Å². The average Bonchev–Trinajstić information content (AvgIpc) is 2.67. The predicted molar refractivity (Wildman–Crippen MR) is 95.8 cm³/mol. The van der Waals surface area contributed by atoms with Crippen molar-refractivity contribution in [2.75, 3.05) is 28.4 Å². The topological polar surface area (TPSA) is 87.4 Å². The maximum Gasteiger partial charge on any atom is 0.239 e. The number of methoxy groups -OCH3 is 4. The fourth-order valence-corrected chi connectivity index (χ4v) is 2.83. The van der Waals surface area contributed by atoms with Crippen LogP contribution in [0.5, 0.6) is 28.7 Å². The molecule has 3 rings (SSSR count). The second kappa shape index (κ2) is 6.87. The minimum absolute atomic E-state index is 0.0514. The quantitative estimate of drug-likeness (QED) is 0.749. The number of rotatable bonds is 5. The molecule has 0 radical (unpaired) electrons. The molecule has 0 aliphatic rings. The number of fused-ring (bicyclic) bond motifs is 1. The van der Waals surface area contributed by atoms with Crippen molar-refractivity contribution in [3.8, 4) is 40.1 Å². The molecule has 136 valence electrons. The largest absolute Gasteiger partial charge is 0.507 e. The smallest absolute Gasteiger partial charge is 0.239 e. The van der Waals surface area contributed by atoms with Crippen LogP contribution in [-0.4, -0.2) is 33.5 Å². The molecule has 7 heteroatoms. The molecule has 1 N–H and O–H groups in total. The predicted octanol–water partition coefficient (Wildman–Crippen LogP) is 3.20. The summed E-state index contributed by atoms with van der Waals surface area (Å²) in [5.74, 6) is 0.738. The van der Waals surface area contributed by atoms with Crippen molar-refractivity contribution < 1.29 is 28.5 Å². The summed E-state index contributed by atoms with van der Waals surface area (Å²) in [4.78, 5) is 13.0. The van der Waals surface area contributed by atoms with Crippen molar-refractivity contribution in [3.63, 3.8) is 0 Å². The molecule has 0 atom stereocenters. The van der Waals surface area contributed by atoms with E-state index in [2.05, 4.69) is 0 Å². The highest BCUT2D eigenvalue weighted by molar-refractivity contribution is 5.93. The molecule has 1 heterocycles. The lowest BCUT2D eigenvalue weighted by Crippen LogP contribution is -2.09. The molecule has 0 fully saturated rings. The van der Waals surface area contributed by atoms with Gasteiger partial charge in [-0.15, -0.1) is 0 Å². The van der Waals surface area contributed by atoms with E-state index in [0.717, 1.165) is 0 Å². The summed E-state index contributed by atoms with van der Waals surface area (Å²) >= 11 is 0. The number of hydrogen-bond donors (Lipinski definition) is 1. The maximum atomic E-state index is 13.0. The van der Waals surface area contributed by atoms with Crippen LogP contribution in [0.3, 0.4) is 0 Å². The Hall–Kier alpha value is -3.35. The lowest BCUT2D eigenvalue weighted by atomic mass is 10.1. The third-order valence-electron chi connectivity index (χ3n) is 4.00. The van der Waals surface area contributed by atoms with Gasteiger partial charge in [-0.2, -0.15) is 0 Å². The van der Waals surface area contributed by atoms with E-state index in [4.69, 9.17) is 23.4 Å². The monoisotopic (exact) mass is 358 g/mol. The van der Waals surface area contributed by atoms with Crippen molar-refractivity contribution in [1.82, 2.24) is 0 Å². The average molecular weight is 358 g/mol. The van der Waals surface area contributed by atoms with Crippen LogP contribution in [0.4, 0.5) is 0 Å². The summed E-state index contributed by atoms with van der Waals surface area (Å²) in [6, 6.07) is 8.34. The Morgan fingerprint density at radius 2 is 1.54 bits per heavy atom. The van der Waals surface area contributed by atoms with Crippen LogP contribution >= 0.6 is 0 Å². The van der Waals surface area contributed by atoms with Crippen LogP contribution in [0.15, 0.2) is 39.5 Å². The van der Waals surface area contributed by atoms with E-state index >= 15 is 0 Å². The van der Waals surface area contributed by atoms with Crippen LogP contribution < -0.4 is 24.4 Å². The summed E-state index contributed by atoms with van der Waals surface area (Å²) in [6.07, 6.45) is 0. The SMILES string of the molecule is COc1ccccc1-c1oc2c(OC)c(OC)cc(O)c2c(=O)c1OC. The Morgan fingerprint density at radius 1 is 0.885 bits per heavy atom. The van der Waals surface area contributed by atoms with E-state index in [1.807, 2.05) is 0 Å². The first-order valence-corrected chi connectivity index (χ1v) is 7.69. The van der Waals surface area contributed by atoms with Crippen LogP contribution in [-0.2, 0) is 0 Å². The third kappa shape index (κ3) is 2.57. The van der Waals surface area contributed by atoms with Crippen LogP contribution in [0.1, 0.15) is 0 Å². The first-order chi connectivity index (χ1) is 12.6. The number of phenolic OH excluding ortho intramolecular Hbond substituents is 1. The lowest BCUT2D eigenvalue weighted by Gasteiger charge is -2.15. The number of phenols is 1. The normalized spacial score (nSPS) is 10.6. The van der Waals surface area contributed by atoms with Gasteiger partial charge in [-0.05, 0) is 12.1 Å². The molecule has 2 aromatic carbocycles. The Bertz CT molecular complexity index is 1020. The minimum Gasteiger partial charge on any atom is -0.507 e. The summed E-state index contributed by atoms with van der Waals surface area (Å²) in [6.45, 7) is 0. The molecule has 0 saturated heterocycles. The van der Waals surface area contributed by atoms with E-state index in [-0.39, 0.29) is 39.7 Å². The van der Waals surface area contributed by atoms with Crippen LogP contribution in [0.2, 0.25) is 0 Å². The maximum absolute atomic E-state index is 13.0. The molecule has 7 nitrogen and oxygen atoms in total. The fraction of sp³-hybridized carbons (Fsp3) is 0.211. The molecule has 0 spiro atoms.